The van der Waals surface area contributed by atoms with Crippen LogP contribution in [0.3, 0.4) is 0 Å². The minimum Gasteiger partial charge on any atom is -0.496 e. The number of ether oxygens (including phenoxy) is 2. The minimum atomic E-state index is 0.827. The Morgan fingerprint density at radius 2 is 1.43 bits per heavy atom. The van der Waals surface area contributed by atoms with Gasteiger partial charge >= 0.3 is 0 Å². The highest BCUT2D eigenvalue weighted by Crippen LogP contribution is 2.32. The van der Waals surface area contributed by atoms with Crippen molar-refractivity contribution in [3.63, 3.8) is 0 Å². The lowest BCUT2D eigenvalue weighted by Gasteiger charge is -2.15. The van der Waals surface area contributed by atoms with Gasteiger partial charge in [-0.1, -0.05) is 42.0 Å². The standard InChI is InChI=1S/C21H26O2/c1-16(2)10-13-19-20(22-3)14-18(15-21(19)23-4)12-11-17-8-6-5-7-9-17/h5-10,14-15H,11-13H2,1-4H3. The molecule has 0 aliphatic rings. The van der Waals surface area contributed by atoms with Gasteiger partial charge in [-0.15, -0.1) is 0 Å². The molecule has 2 aromatic rings. The quantitative estimate of drug-likeness (QED) is 0.670. The summed E-state index contributed by atoms with van der Waals surface area (Å²) in [4.78, 5) is 0. The molecule has 2 heteroatoms. The normalized spacial score (nSPS) is 10.3. The van der Waals surface area contributed by atoms with E-state index in [9.17, 15) is 0 Å². The molecule has 0 N–H and O–H groups in total. The molecule has 0 radical (unpaired) electrons. The average molecular weight is 310 g/mol. The van der Waals surface area contributed by atoms with Crippen LogP contribution in [0.15, 0.2) is 54.1 Å². The van der Waals surface area contributed by atoms with E-state index in [4.69, 9.17) is 9.47 Å². The van der Waals surface area contributed by atoms with Gasteiger partial charge in [-0.25, -0.2) is 0 Å². The lowest BCUT2D eigenvalue weighted by Crippen LogP contribution is -2.00. The van der Waals surface area contributed by atoms with Crippen LogP contribution < -0.4 is 9.47 Å². The molecule has 0 saturated heterocycles. The molecule has 2 nitrogen and oxygen atoms in total. The van der Waals surface area contributed by atoms with Gasteiger partial charge in [0.2, 0.25) is 0 Å². The summed E-state index contributed by atoms with van der Waals surface area (Å²) < 4.78 is 11.2. The maximum absolute atomic E-state index is 5.60. The Kier molecular flexibility index (Phi) is 6.28. The molecule has 0 aromatic heterocycles. The fourth-order valence-corrected chi connectivity index (χ4v) is 2.62. The number of aryl methyl sites for hydroxylation is 2. The largest absolute Gasteiger partial charge is 0.496 e. The SMILES string of the molecule is COc1cc(CCc2ccccc2)cc(OC)c1CC=C(C)C. The van der Waals surface area contributed by atoms with Crippen molar-refractivity contribution in [1.82, 2.24) is 0 Å². The van der Waals surface area contributed by atoms with Crippen LogP contribution in [0.2, 0.25) is 0 Å². The topological polar surface area (TPSA) is 18.5 Å². The van der Waals surface area contributed by atoms with E-state index in [0.717, 1.165) is 36.3 Å². The van der Waals surface area contributed by atoms with Crippen molar-refractivity contribution in [2.75, 3.05) is 14.2 Å². The number of allylic oxidation sites excluding steroid dienone is 2. The first-order valence-electron chi connectivity index (χ1n) is 8.05. The summed E-state index contributed by atoms with van der Waals surface area (Å²) in [6, 6.07) is 14.8. The third kappa shape index (κ3) is 4.88. The Morgan fingerprint density at radius 3 is 1.96 bits per heavy atom. The number of rotatable bonds is 7. The van der Waals surface area contributed by atoms with Gasteiger partial charge in [-0.05, 0) is 56.4 Å². The Morgan fingerprint density at radius 1 is 0.870 bits per heavy atom. The maximum atomic E-state index is 5.60. The van der Waals surface area contributed by atoms with Gasteiger partial charge in [0.25, 0.3) is 0 Å². The molecule has 2 aromatic carbocycles. The van der Waals surface area contributed by atoms with E-state index >= 15 is 0 Å². The molecular formula is C21H26O2. The van der Waals surface area contributed by atoms with E-state index in [1.54, 1.807) is 14.2 Å². The van der Waals surface area contributed by atoms with Crippen molar-refractivity contribution in [3.05, 3.63) is 70.8 Å². The van der Waals surface area contributed by atoms with E-state index in [0.29, 0.717) is 0 Å². The third-order valence-electron chi connectivity index (χ3n) is 3.93. The molecule has 0 unspecified atom stereocenters. The van der Waals surface area contributed by atoms with Gasteiger partial charge in [0.1, 0.15) is 11.5 Å². The number of methoxy groups -OCH3 is 2. The second-order valence-electron chi connectivity index (χ2n) is 5.95. The monoisotopic (exact) mass is 310 g/mol. The van der Waals surface area contributed by atoms with Crippen LogP contribution in [-0.4, -0.2) is 14.2 Å². The van der Waals surface area contributed by atoms with Crippen LogP contribution in [-0.2, 0) is 19.3 Å². The molecule has 0 amide bonds. The van der Waals surface area contributed by atoms with Gasteiger partial charge < -0.3 is 9.47 Å². The predicted molar refractivity (Wildman–Crippen MR) is 96.5 cm³/mol. The smallest absolute Gasteiger partial charge is 0.126 e. The molecular weight excluding hydrogens is 284 g/mol. The van der Waals surface area contributed by atoms with Crippen molar-refractivity contribution in [2.24, 2.45) is 0 Å². The predicted octanol–water partition coefficient (Wildman–Crippen LogP) is 5.00. The minimum absolute atomic E-state index is 0.827. The highest BCUT2D eigenvalue weighted by molar-refractivity contribution is 5.49. The van der Waals surface area contributed by atoms with Gasteiger partial charge in [0.15, 0.2) is 0 Å². The fourth-order valence-electron chi connectivity index (χ4n) is 2.62. The zero-order valence-corrected chi connectivity index (χ0v) is 14.6. The Balaban J connectivity index is 2.23. The average Bonchev–Trinajstić information content (AvgIpc) is 2.58. The molecule has 0 aliphatic heterocycles. The molecule has 0 saturated carbocycles. The van der Waals surface area contributed by atoms with Crippen LogP contribution in [0.4, 0.5) is 0 Å². The lowest BCUT2D eigenvalue weighted by atomic mass is 10.00. The molecule has 0 aliphatic carbocycles. The van der Waals surface area contributed by atoms with Crippen LogP contribution in [0.25, 0.3) is 0 Å². The summed E-state index contributed by atoms with van der Waals surface area (Å²) in [5.74, 6) is 1.81. The number of hydrogen-bond acceptors (Lipinski definition) is 2. The van der Waals surface area contributed by atoms with Crippen molar-refractivity contribution in [2.45, 2.75) is 33.1 Å². The van der Waals surface area contributed by atoms with Crippen LogP contribution >= 0.6 is 0 Å². The van der Waals surface area contributed by atoms with Gasteiger partial charge in [0, 0.05) is 5.56 Å². The van der Waals surface area contributed by atoms with Gasteiger partial charge in [0.05, 0.1) is 14.2 Å². The summed E-state index contributed by atoms with van der Waals surface area (Å²) in [5.41, 5.74) is 4.99. The summed E-state index contributed by atoms with van der Waals surface area (Å²) in [7, 11) is 3.45. The van der Waals surface area contributed by atoms with Crippen molar-refractivity contribution >= 4 is 0 Å². The van der Waals surface area contributed by atoms with Crippen LogP contribution in [0.5, 0.6) is 11.5 Å². The Hall–Kier alpha value is -2.22. The number of hydrogen-bond donors (Lipinski definition) is 0. The Labute approximate surface area is 139 Å². The van der Waals surface area contributed by atoms with E-state index in [1.165, 1.54) is 16.7 Å². The van der Waals surface area contributed by atoms with E-state index < -0.39 is 0 Å². The molecule has 0 atom stereocenters. The zero-order valence-electron chi connectivity index (χ0n) is 14.6. The summed E-state index contributed by atoms with van der Waals surface area (Å²) >= 11 is 0. The number of benzene rings is 2. The summed E-state index contributed by atoms with van der Waals surface area (Å²) in [6.45, 7) is 4.21. The van der Waals surface area contributed by atoms with E-state index in [1.807, 2.05) is 6.07 Å². The summed E-state index contributed by atoms with van der Waals surface area (Å²) in [6.07, 6.45) is 5.01. The van der Waals surface area contributed by atoms with Crippen LogP contribution in [0.1, 0.15) is 30.5 Å². The molecule has 0 heterocycles. The highest BCUT2D eigenvalue weighted by Gasteiger charge is 2.11. The molecule has 0 bridgehead atoms. The maximum Gasteiger partial charge on any atom is 0.126 e. The lowest BCUT2D eigenvalue weighted by molar-refractivity contribution is 0.386. The first-order valence-corrected chi connectivity index (χ1v) is 8.05. The van der Waals surface area contributed by atoms with Crippen molar-refractivity contribution in [3.8, 4) is 11.5 Å². The van der Waals surface area contributed by atoms with E-state index in [2.05, 4.69) is 56.3 Å². The van der Waals surface area contributed by atoms with Crippen molar-refractivity contribution < 1.29 is 9.47 Å². The van der Waals surface area contributed by atoms with E-state index in [-0.39, 0.29) is 0 Å². The van der Waals surface area contributed by atoms with Gasteiger partial charge in [-0.3, -0.25) is 0 Å². The zero-order chi connectivity index (χ0) is 16.7. The first-order chi connectivity index (χ1) is 11.1. The fraction of sp³-hybridized carbons (Fsp3) is 0.333. The Bertz CT molecular complexity index is 628. The van der Waals surface area contributed by atoms with Gasteiger partial charge in [-0.2, -0.15) is 0 Å². The molecule has 0 spiro atoms. The highest BCUT2D eigenvalue weighted by atomic mass is 16.5. The molecule has 122 valence electrons. The van der Waals surface area contributed by atoms with Crippen LogP contribution in [0, 0.1) is 0 Å². The molecule has 0 fully saturated rings. The second-order valence-corrected chi connectivity index (χ2v) is 5.95. The second kappa shape index (κ2) is 8.42. The molecule has 2 rings (SSSR count). The third-order valence-corrected chi connectivity index (χ3v) is 3.93. The molecule has 23 heavy (non-hydrogen) atoms. The van der Waals surface area contributed by atoms with Crippen molar-refractivity contribution in [1.29, 1.82) is 0 Å². The first kappa shape index (κ1) is 17.1. The summed E-state index contributed by atoms with van der Waals surface area (Å²) in [5, 5.41) is 0.